The molecule has 1 aliphatic rings. The Morgan fingerprint density at radius 1 is 0.962 bits per heavy atom. The highest BCUT2D eigenvalue weighted by Crippen LogP contribution is 2.45. The molecule has 0 aromatic heterocycles. The molecule has 1 heterocycles. The minimum Gasteiger partial charge on any atom is -0.497 e. The van der Waals surface area contributed by atoms with Crippen LogP contribution in [-0.4, -0.2) is 78.9 Å². The molecule has 0 spiro atoms. The molecule has 0 unspecified atom stereocenters. The predicted octanol–water partition coefficient (Wildman–Crippen LogP) is 7.95. The molecule has 2 aromatic carbocycles. The van der Waals surface area contributed by atoms with Gasteiger partial charge in [-0.15, -0.1) is 0 Å². The van der Waals surface area contributed by atoms with E-state index in [2.05, 4.69) is 33.9 Å². The zero-order chi connectivity index (χ0) is 38.6. The number of rotatable bonds is 19. The average Bonchev–Trinajstić information content (AvgIpc) is 3.11. The lowest BCUT2D eigenvalue weighted by Crippen LogP contribution is -2.60. The van der Waals surface area contributed by atoms with E-state index in [9.17, 15) is 9.59 Å². The fourth-order valence-corrected chi connectivity index (χ4v) is 6.63. The van der Waals surface area contributed by atoms with Crippen molar-refractivity contribution in [2.24, 2.45) is 5.41 Å². The van der Waals surface area contributed by atoms with Gasteiger partial charge < -0.3 is 37.6 Å². The van der Waals surface area contributed by atoms with Crippen LogP contribution in [0.1, 0.15) is 65.5 Å². The highest BCUT2D eigenvalue weighted by atomic mass is 28.4. The number of benzene rings is 2. The molecular formula is C41H60O10Si. The SMILES string of the molecule is COC(=O)/C=C1\C[C@@H](C[C@@H](OCc2ccc(OC)cc2)[C@@H](C)OCOCc2ccccc2)O[C@@](OC)(C(C)(C)/C=C/CO[Si](C)(C)C(C)(C)C)C1=O. The Balaban J connectivity index is 1.88. The molecule has 1 fully saturated rings. The Hall–Kier alpha value is -3.16. The highest BCUT2D eigenvalue weighted by molar-refractivity contribution is 6.74. The zero-order valence-corrected chi connectivity index (χ0v) is 34.0. The summed E-state index contributed by atoms with van der Waals surface area (Å²) in [6.07, 6.45) is 3.99. The molecule has 3 rings (SSSR count). The summed E-state index contributed by atoms with van der Waals surface area (Å²) in [5.74, 6) is -2.08. The van der Waals surface area contributed by atoms with Crippen LogP contribution in [-0.2, 0) is 55.7 Å². The average molecular weight is 741 g/mol. The van der Waals surface area contributed by atoms with Crippen LogP contribution in [0.2, 0.25) is 18.1 Å². The van der Waals surface area contributed by atoms with E-state index < -0.39 is 49.6 Å². The van der Waals surface area contributed by atoms with Gasteiger partial charge in [-0.05, 0) is 48.3 Å². The molecule has 0 saturated carbocycles. The number of esters is 1. The maximum Gasteiger partial charge on any atom is 0.330 e. The Morgan fingerprint density at radius 2 is 1.62 bits per heavy atom. The lowest BCUT2D eigenvalue weighted by molar-refractivity contribution is -0.281. The molecule has 288 valence electrons. The first kappa shape index (κ1) is 43.2. The molecule has 10 nitrogen and oxygen atoms in total. The van der Waals surface area contributed by atoms with Gasteiger partial charge in [0.15, 0.2) is 8.32 Å². The summed E-state index contributed by atoms with van der Waals surface area (Å²) >= 11 is 0. The fourth-order valence-electron chi connectivity index (χ4n) is 5.69. The number of ether oxygens (including phenoxy) is 7. The summed E-state index contributed by atoms with van der Waals surface area (Å²) < 4.78 is 47.9. The summed E-state index contributed by atoms with van der Waals surface area (Å²) in [7, 11) is 2.35. The van der Waals surface area contributed by atoms with Crippen molar-refractivity contribution in [3.63, 3.8) is 0 Å². The molecule has 1 aliphatic heterocycles. The van der Waals surface area contributed by atoms with E-state index in [0.29, 0.717) is 26.2 Å². The minimum absolute atomic E-state index is 0.0484. The van der Waals surface area contributed by atoms with Crippen molar-refractivity contribution in [2.75, 3.05) is 34.7 Å². The van der Waals surface area contributed by atoms with Crippen molar-refractivity contribution < 1.29 is 47.2 Å². The van der Waals surface area contributed by atoms with Crippen molar-refractivity contribution in [2.45, 2.75) is 110 Å². The third kappa shape index (κ3) is 11.7. The summed E-state index contributed by atoms with van der Waals surface area (Å²) in [6, 6.07) is 17.5. The quantitative estimate of drug-likeness (QED) is 0.0352. The van der Waals surface area contributed by atoms with Gasteiger partial charge in [0.25, 0.3) is 0 Å². The van der Waals surface area contributed by atoms with Crippen molar-refractivity contribution in [3.8, 4) is 5.75 Å². The third-order valence-electron chi connectivity index (χ3n) is 10.0. The molecule has 2 aromatic rings. The fraction of sp³-hybridized carbons (Fsp3) is 0.561. The van der Waals surface area contributed by atoms with E-state index in [1.807, 2.05) is 87.5 Å². The number of carbonyl (C=O) groups excluding carboxylic acids is 2. The van der Waals surface area contributed by atoms with Crippen molar-refractivity contribution >= 4 is 20.1 Å². The van der Waals surface area contributed by atoms with Gasteiger partial charge in [0.1, 0.15) is 12.5 Å². The van der Waals surface area contributed by atoms with Crippen LogP contribution in [0.3, 0.4) is 0 Å². The second-order valence-corrected chi connectivity index (χ2v) is 20.0. The van der Waals surface area contributed by atoms with Gasteiger partial charge in [-0.3, -0.25) is 4.79 Å². The second kappa shape index (κ2) is 19.2. The third-order valence-corrected chi connectivity index (χ3v) is 14.5. The van der Waals surface area contributed by atoms with Crippen LogP contribution < -0.4 is 4.74 Å². The summed E-state index contributed by atoms with van der Waals surface area (Å²) in [5, 5.41) is 0.0498. The minimum atomic E-state index is -2.00. The van der Waals surface area contributed by atoms with Gasteiger partial charge in [-0.2, -0.15) is 0 Å². The Bertz CT molecular complexity index is 1480. The number of hydrogen-bond acceptors (Lipinski definition) is 10. The molecule has 0 amide bonds. The van der Waals surface area contributed by atoms with Crippen LogP contribution in [0, 0.1) is 5.41 Å². The Morgan fingerprint density at radius 3 is 2.21 bits per heavy atom. The van der Waals surface area contributed by atoms with Crippen LogP contribution in [0.25, 0.3) is 0 Å². The molecule has 11 heteroatoms. The molecule has 1 saturated heterocycles. The molecule has 0 radical (unpaired) electrons. The monoisotopic (exact) mass is 740 g/mol. The number of hydrogen-bond donors (Lipinski definition) is 0. The first-order valence-corrected chi connectivity index (χ1v) is 20.7. The largest absolute Gasteiger partial charge is 0.497 e. The maximum absolute atomic E-state index is 14.3. The molecular weight excluding hydrogens is 681 g/mol. The predicted molar refractivity (Wildman–Crippen MR) is 203 cm³/mol. The number of methoxy groups -OCH3 is 3. The lowest BCUT2D eigenvalue weighted by atomic mass is 9.75. The van der Waals surface area contributed by atoms with E-state index >= 15 is 0 Å². The van der Waals surface area contributed by atoms with Crippen LogP contribution >= 0.6 is 0 Å². The van der Waals surface area contributed by atoms with Crippen molar-refractivity contribution in [1.82, 2.24) is 0 Å². The summed E-state index contributed by atoms with van der Waals surface area (Å²) in [4.78, 5) is 26.8. The van der Waals surface area contributed by atoms with E-state index in [4.69, 9.17) is 37.6 Å². The maximum atomic E-state index is 14.3. The first-order valence-electron chi connectivity index (χ1n) is 17.8. The van der Waals surface area contributed by atoms with E-state index in [0.717, 1.165) is 16.9 Å². The number of Topliss-reactive ketones (excluding diaryl/α,β-unsaturated/α-hetero) is 1. The van der Waals surface area contributed by atoms with E-state index in [1.165, 1.54) is 20.3 Å². The Kier molecular flexibility index (Phi) is 16.0. The van der Waals surface area contributed by atoms with Gasteiger partial charge in [0, 0.05) is 37.0 Å². The van der Waals surface area contributed by atoms with Gasteiger partial charge in [0.05, 0.1) is 52.4 Å². The molecule has 0 aliphatic carbocycles. The molecule has 52 heavy (non-hydrogen) atoms. The normalized spacial score (nSPS) is 20.6. The van der Waals surface area contributed by atoms with E-state index in [1.54, 1.807) is 7.11 Å². The van der Waals surface area contributed by atoms with Gasteiger partial charge in [-0.1, -0.05) is 89.2 Å². The summed E-state index contributed by atoms with van der Waals surface area (Å²) in [6.45, 7) is 17.8. The Labute approximate surface area is 311 Å². The van der Waals surface area contributed by atoms with E-state index in [-0.39, 0.29) is 23.8 Å². The van der Waals surface area contributed by atoms with Crippen LogP contribution in [0.4, 0.5) is 0 Å². The summed E-state index contributed by atoms with van der Waals surface area (Å²) in [5.41, 5.74) is 1.26. The standard InChI is InChI=1S/C41H60O10Si/c1-30(49-29-47-27-31-16-13-12-14-17-31)36(48-28-32-18-20-34(44-7)21-19-32)26-35-24-33(25-37(42)45-8)38(43)41(46-9,51-35)40(5,6)22-15-23-50-52(10,11)39(2,3)4/h12-22,25,30,35-36H,23-24,26-29H2,1-11H3/b22-15+,33-25+/t30-,35+,36-,41-/m1/s1. The molecule has 4 atom stereocenters. The lowest BCUT2D eigenvalue weighted by Gasteiger charge is -2.48. The van der Waals surface area contributed by atoms with Crippen molar-refractivity contribution in [3.05, 3.63) is 89.5 Å². The van der Waals surface area contributed by atoms with Crippen LogP contribution in [0.5, 0.6) is 5.75 Å². The smallest absolute Gasteiger partial charge is 0.330 e. The van der Waals surface area contributed by atoms with Gasteiger partial charge in [-0.25, -0.2) is 4.79 Å². The number of ketones is 1. The first-order chi connectivity index (χ1) is 24.5. The molecule has 0 bridgehead atoms. The highest BCUT2D eigenvalue weighted by Gasteiger charge is 2.57. The van der Waals surface area contributed by atoms with Gasteiger partial charge >= 0.3 is 5.97 Å². The zero-order valence-electron chi connectivity index (χ0n) is 33.0. The van der Waals surface area contributed by atoms with Crippen molar-refractivity contribution in [1.29, 1.82) is 0 Å². The van der Waals surface area contributed by atoms with Crippen LogP contribution in [0.15, 0.2) is 78.4 Å². The second-order valence-electron chi connectivity index (χ2n) is 15.2. The molecule has 0 N–H and O–H groups in total. The topological polar surface area (TPSA) is 108 Å². The van der Waals surface area contributed by atoms with Gasteiger partial charge in [0.2, 0.25) is 11.6 Å². The number of carbonyl (C=O) groups is 2.